The summed E-state index contributed by atoms with van der Waals surface area (Å²) in [6.07, 6.45) is -9.95. The van der Waals surface area contributed by atoms with E-state index in [0.717, 1.165) is 11.1 Å². The van der Waals surface area contributed by atoms with Crippen LogP contribution < -0.4 is 11.0 Å². The largest absolute Gasteiger partial charge is 0.416 e. The van der Waals surface area contributed by atoms with E-state index in [9.17, 15) is 35.9 Å². The zero-order valence-electron chi connectivity index (χ0n) is 19.9. The van der Waals surface area contributed by atoms with Gasteiger partial charge in [0.05, 0.1) is 49.5 Å². The van der Waals surface area contributed by atoms with Gasteiger partial charge in [-0.2, -0.15) is 31.4 Å². The number of hydrogen-bond donors (Lipinski definition) is 3. The number of alkyl halides is 6. The number of H-pyrrole nitrogens is 2. The van der Waals surface area contributed by atoms with Crippen LogP contribution in [0.5, 0.6) is 0 Å². The summed E-state index contributed by atoms with van der Waals surface area (Å²) >= 11 is 0. The first-order chi connectivity index (χ1) is 17.8. The van der Waals surface area contributed by atoms with E-state index >= 15 is 0 Å². The normalized spacial score (nSPS) is 19.0. The van der Waals surface area contributed by atoms with Crippen LogP contribution in [0.25, 0.3) is 0 Å². The Bertz CT molecular complexity index is 1300. The number of aromatic nitrogens is 3. The van der Waals surface area contributed by atoms with E-state index in [1.165, 1.54) is 0 Å². The molecular formula is C24H23F6N5O3. The van der Waals surface area contributed by atoms with Gasteiger partial charge in [-0.05, 0) is 36.2 Å². The molecule has 0 radical (unpaired) electrons. The second-order valence-corrected chi connectivity index (χ2v) is 8.99. The molecule has 0 unspecified atom stereocenters. The molecular weight excluding hydrogens is 520 g/mol. The van der Waals surface area contributed by atoms with Crippen LogP contribution >= 0.6 is 0 Å². The summed E-state index contributed by atoms with van der Waals surface area (Å²) in [7, 11) is 0. The van der Waals surface area contributed by atoms with Crippen molar-refractivity contribution in [2.75, 3.05) is 13.2 Å². The van der Waals surface area contributed by atoms with Gasteiger partial charge in [0.15, 0.2) is 0 Å². The molecule has 0 aliphatic carbocycles. The van der Waals surface area contributed by atoms with Crippen LogP contribution in [0.2, 0.25) is 0 Å². The van der Waals surface area contributed by atoms with Gasteiger partial charge in [-0.25, -0.2) is 9.89 Å². The fourth-order valence-electron chi connectivity index (χ4n) is 4.34. The van der Waals surface area contributed by atoms with Gasteiger partial charge in [0.2, 0.25) is 5.91 Å². The van der Waals surface area contributed by atoms with E-state index in [1.807, 2.05) is 31.2 Å². The van der Waals surface area contributed by atoms with Crippen LogP contribution in [0.4, 0.5) is 26.3 Å². The van der Waals surface area contributed by atoms with E-state index in [0.29, 0.717) is 12.1 Å². The van der Waals surface area contributed by atoms with E-state index in [-0.39, 0.29) is 43.1 Å². The van der Waals surface area contributed by atoms with Gasteiger partial charge in [0.1, 0.15) is 5.82 Å². The lowest BCUT2D eigenvalue weighted by molar-refractivity contribution is -0.143. The second kappa shape index (κ2) is 10.6. The average Bonchev–Trinajstić information content (AvgIpc) is 3.23. The lowest BCUT2D eigenvalue weighted by atomic mass is 9.94. The van der Waals surface area contributed by atoms with Crippen molar-refractivity contribution in [1.82, 2.24) is 25.4 Å². The molecule has 0 bridgehead atoms. The molecule has 2 aromatic carbocycles. The zero-order chi connectivity index (χ0) is 27.7. The molecule has 38 heavy (non-hydrogen) atoms. The van der Waals surface area contributed by atoms with Gasteiger partial charge in [0, 0.05) is 0 Å². The maximum Gasteiger partial charge on any atom is 0.416 e. The van der Waals surface area contributed by atoms with Crippen molar-refractivity contribution in [3.63, 3.8) is 0 Å². The predicted octanol–water partition coefficient (Wildman–Crippen LogP) is 3.70. The average molecular weight is 543 g/mol. The molecule has 0 saturated carbocycles. The van der Waals surface area contributed by atoms with Gasteiger partial charge in [-0.15, -0.1) is 0 Å². The minimum atomic E-state index is -4.97. The highest BCUT2D eigenvalue weighted by Crippen LogP contribution is 2.36. The molecule has 2 heterocycles. The van der Waals surface area contributed by atoms with Gasteiger partial charge in [0.25, 0.3) is 0 Å². The number of halogens is 6. The molecule has 8 nitrogen and oxygen atoms in total. The lowest BCUT2D eigenvalue weighted by Gasteiger charge is -2.41. The Hall–Kier alpha value is -3.65. The molecule has 1 aliphatic heterocycles. The number of ether oxygens (including phenoxy) is 1. The number of aryl methyl sites for hydroxylation is 1. The van der Waals surface area contributed by atoms with Gasteiger partial charge in [-0.1, -0.05) is 29.8 Å². The maximum absolute atomic E-state index is 13.2. The van der Waals surface area contributed by atoms with Crippen LogP contribution in [0.1, 0.15) is 39.7 Å². The SMILES string of the molecule is Cc1ccc([C@H]2[C@@H](COCc3cc(C(F)(F)F)cc(C(F)(F)F)c3)NC(=O)CN2Cc2n[nH]c(=O)[nH]2)cc1. The molecule has 1 saturated heterocycles. The van der Waals surface area contributed by atoms with Crippen molar-refractivity contribution in [1.29, 1.82) is 0 Å². The fourth-order valence-corrected chi connectivity index (χ4v) is 4.34. The summed E-state index contributed by atoms with van der Waals surface area (Å²) in [6, 6.07) is 7.45. The highest BCUT2D eigenvalue weighted by atomic mass is 19.4. The van der Waals surface area contributed by atoms with Crippen molar-refractivity contribution in [2.45, 2.75) is 44.5 Å². The van der Waals surface area contributed by atoms with Crippen molar-refractivity contribution >= 4 is 5.91 Å². The minimum Gasteiger partial charge on any atom is -0.375 e. The first-order valence-corrected chi connectivity index (χ1v) is 11.4. The number of amides is 1. The Labute approximate surface area is 212 Å². The van der Waals surface area contributed by atoms with E-state index in [1.54, 1.807) is 4.90 Å². The summed E-state index contributed by atoms with van der Waals surface area (Å²) in [5.74, 6) is -0.0941. The first-order valence-electron chi connectivity index (χ1n) is 11.4. The molecule has 0 spiro atoms. The van der Waals surface area contributed by atoms with Crippen LogP contribution in [0.3, 0.4) is 0 Å². The van der Waals surface area contributed by atoms with Gasteiger partial charge >= 0.3 is 18.0 Å². The quantitative estimate of drug-likeness (QED) is 0.395. The summed E-state index contributed by atoms with van der Waals surface area (Å²) < 4.78 is 84.7. The highest BCUT2D eigenvalue weighted by molar-refractivity contribution is 5.79. The molecule has 4 rings (SSSR count). The van der Waals surface area contributed by atoms with Crippen LogP contribution in [-0.2, 0) is 35.0 Å². The number of nitrogens with one attached hydrogen (secondary N) is 3. The summed E-state index contributed by atoms with van der Waals surface area (Å²) in [5, 5.41) is 8.92. The zero-order valence-corrected chi connectivity index (χ0v) is 19.9. The molecule has 3 aromatic rings. The third-order valence-electron chi connectivity index (χ3n) is 6.00. The number of piperazine rings is 1. The predicted molar refractivity (Wildman–Crippen MR) is 122 cm³/mol. The van der Waals surface area contributed by atoms with Crippen LogP contribution in [0.15, 0.2) is 47.3 Å². The third kappa shape index (κ3) is 6.61. The first kappa shape index (κ1) is 27.4. The monoisotopic (exact) mass is 543 g/mol. The van der Waals surface area contributed by atoms with E-state index < -0.39 is 47.9 Å². The van der Waals surface area contributed by atoms with Crippen molar-refractivity contribution < 1.29 is 35.9 Å². The Morgan fingerprint density at radius 1 is 1.00 bits per heavy atom. The van der Waals surface area contributed by atoms with Crippen LogP contribution in [-0.4, -0.2) is 45.2 Å². The topological polar surface area (TPSA) is 103 Å². The smallest absolute Gasteiger partial charge is 0.375 e. The van der Waals surface area contributed by atoms with Crippen molar-refractivity contribution in [3.05, 3.63) is 86.6 Å². The minimum absolute atomic E-state index is 0.0491. The van der Waals surface area contributed by atoms with Gasteiger partial charge < -0.3 is 10.1 Å². The number of carbonyl (C=O) groups is 1. The molecule has 3 N–H and O–H groups in total. The Balaban J connectivity index is 1.57. The van der Waals surface area contributed by atoms with Crippen molar-refractivity contribution in [2.24, 2.45) is 0 Å². The molecule has 2 atom stereocenters. The summed E-state index contributed by atoms with van der Waals surface area (Å²) in [6.45, 7) is 1.17. The Morgan fingerprint density at radius 3 is 2.18 bits per heavy atom. The molecule has 14 heteroatoms. The second-order valence-electron chi connectivity index (χ2n) is 8.99. The molecule has 204 valence electrons. The highest BCUT2D eigenvalue weighted by Gasteiger charge is 2.38. The number of hydrogen-bond acceptors (Lipinski definition) is 5. The number of rotatable bonds is 7. The molecule has 1 aromatic heterocycles. The number of aromatic amines is 2. The molecule has 1 fully saturated rings. The summed E-state index contributed by atoms with van der Waals surface area (Å²) in [5.41, 5.74) is -1.95. The fraction of sp³-hybridized carbons (Fsp3) is 0.375. The Kier molecular flexibility index (Phi) is 7.65. The summed E-state index contributed by atoms with van der Waals surface area (Å²) in [4.78, 5) is 28.2. The standard InChI is InChI=1S/C24H23F6N5O3/c1-13-2-4-15(5-3-13)21-18(31-20(36)10-35(21)9-19-32-22(37)34-33-19)12-38-11-14-6-16(23(25,26)27)8-17(7-14)24(28,29)30/h2-8,18,21H,9-12H2,1H3,(H,31,36)(H2,32,33,34,37)/t18-,21+/m1/s1. The van der Waals surface area contributed by atoms with E-state index in [2.05, 4.69) is 20.5 Å². The number of nitrogens with zero attached hydrogens (tertiary/aromatic N) is 2. The molecule has 1 amide bonds. The number of carbonyl (C=O) groups excluding carboxylic acids is 1. The Morgan fingerprint density at radius 2 is 1.63 bits per heavy atom. The number of benzene rings is 2. The maximum atomic E-state index is 13.2. The van der Waals surface area contributed by atoms with Crippen LogP contribution in [0, 0.1) is 6.92 Å². The van der Waals surface area contributed by atoms with Crippen molar-refractivity contribution in [3.8, 4) is 0 Å². The van der Waals surface area contributed by atoms with E-state index in [4.69, 9.17) is 4.74 Å². The van der Waals surface area contributed by atoms with Gasteiger partial charge in [-0.3, -0.25) is 14.7 Å². The molecule has 1 aliphatic rings. The lowest BCUT2D eigenvalue weighted by Crippen LogP contribution is -2.57. The third-order valence-corrected chi connectivity index (χ3v) is 6.00.